The van der Waals surface area contributed by atoms with E-state index in [0.717, 1.165) is 19.2 Å². The van der Waals surface area contributed by atoms with E-state index < -0.39 is 11.6 Å². The van der Waals surface area contributed by atoms with Gasteiger partial charge in [-0.1, -0.05) is 33.8 Å². The Morgan fingerprint density at radius 2 is 1.72 bits per heavy atom. The average Bonchev–Trinajstić information content (AvgIpc) is 2.27. The fourth-order valence-corrected chi connectivity index (χ4v) is 1.95. The normalized spacial score (nSPS) is 14.8. The molecule has 0 radical (unpaired) electrons. The van der Waals surface area contributed by atoms with Gasteiger partial charge >= 0.3 is 0 Å². The van der Waals surface area contributed by atoms with Crippen LogP contribution in [-0.4, -0.2) is 13.1 Å². The number of hydrogen-bond acceptors (Lipinski definition) is 1. The molecule has 0 saturated heterocycles. The lowest BCUT2D eigenvalue weighted by Crippen LogP contribution is -2.27. The van der Waals surface area contributed by atoms with Crippen LogP contribution < -0.4 is 5.32 Å². The van der Waals surface area contributed by atoms with Gasteiger partial charge in [0.25, 0.3) is 0 Å². The first-order valence-corrected chi connectivity index (χ1v) is 6.57. The molecule has 1 nitrogen and oxygen atoms in total. The summed E-state index contributed by atoms with van der Waals surface area (Å²) in [6.45, 7) is 10.2. The number of benzene rings is 1. The van der Waals surface area contributed by atoms with Crippen LogP contribution in [0.25, 0.3) is 0 Å². The molecule has 1 aromatic carbocycles. The predicted molar refractivity (Wildman–Crippen MR) is 71.6 cm³/mol. The van der Waals surface area contributed by atoms with Crippen molar-refractivity contribution in [2.75, 3.05) is 13.1 Å². The van der Waals surface area contributed by atoms with E-state index in [1.807, 2.05) is 6.92 Å². The standard InChI is InChI=1S/C15H23F2N/c1-10(2)8-18-9-11(3)12(4)14-6-5-13(16)7-15(14)17/h5-7,10-12,18H,8-9H2,1-4H3. The van der Waals surface area contributed by atoms with Crippen molar-refractivity contribution >= 4 is 0 Å². The summed E-state index contributed by atoms with van der Waals surface area (Å²) in [7, 11) is 0. The van der Waals surface area contributed by atoms with Crippen LogP contribution in [0.2, 0.25) is 0 Å². The molecule has 1 rings (SSSR count). The van der Waals surface area contributed by atoms with Crippen LogP contribution in [0.1, 0.15) is 39.2 Å². The fraction of sp³-hybridized carbons (Fsp3) is 0.600. The van der Waals surface area contributed by atoms with Gasteiger partial charge in [0.05, 0.1) is 0 Å². The van der Waals surface area contributed by atoms with Crippen molar-refractivity contribution in [3.05, 3.63) is 35.4 Å². The van der Waals surface area contributed by atoms with Gasteiger partial charge in [0.1, 0.15) is 11.6 Å². The number of halogens is 2. The number of hydrogen-bond donors (Lipinski definition) is 1. The summed E-state index contributed by atoms with van der Waals surface area (Å²) in [6, 6.07) is 3.83. The van der Waals surface area contributed by atoms with E-state index >= 15 is 0 Å². The van der Waals surface area contributed by atoms with E-state index in [1.165, 1.54) is 6.07 Å². The van der Waals surface area contributed by atoms with E-state index in [0.29, 0.717) is 17.4 Å². The Morgan fingerprint density at radius 3 is 2.28 bits per heavy atom. The van der Waals surface area contributed by atoms with Crippen molar-refractivity contribution < 1.29 is 8.78 Å². The van der Waals surface area contributed by atoms with Crippen molar-refractivity contribution in [2.45, 2.75) is 33.6 Å². The van der Waals surface area contributed by atoms with Crippen molar-refractivity contribution in [3.63, 3.8) is 0 Å². The molecule has 3 heteroatoms. The molecular formula is C15H23F2N. The molecule has 0 fully saturated rings. The highest BCUT2D eigenvalue weighted by Crippen LogP contribution is 2.26. The topological polar surface area (TPSA) is 12.0 Å². The zero-order valence-corrected chi connectivity index (χ0v) is 11.6. The molecular weight excluding hydrogens is 232 g/mol. The smallest absolute Gasteiger partial charge is 0.129 e. The Labute approximate surface area is 109 Å². The number of nitrogens with one attached hydrogen (secondary N) is 1. The molecule has 0 heterocycles. The lowest BCUT2D eigenvalue weighted by atomic mass is 9.88. The van der Waals surface area contributed by atoms with E-state index in [9.17, 15) is 8.78 Å². The van der Waals surface area contributed by atoms with Gasteiger partial charge in [-0.3, -0.25) is 0 Å². The lowest BCUT2D eigenvalue weighted by molar-refractivity contribution is 0.417. The maximum Gasteiger partial charge on any atom is 0.129 e. The van der Waals surface area contributed by atoms with Crippen molar-refractivity contribution in [1.29, 1.82) is 0 Å². The first-order valence-electron chi connectivity index (χ1n) is 6.57. The molecule has 18 heavy (non-hydrogen) atoms. The molecule has 0 aliphatic carbocycles. The summed E-state index contributed by atoms with van der Waals surface area (Å²) in [6.07, 6.45) is 0. The molecule has 0 amide bonds. The van der Waals surface area contributed by atoms with E-state index in [-0.39, 0.29) is 5.92 Å². The quantitative estimate of drug-likeness (QED) is 0.811. The van der Waals surface area contributed by atoms with Gasteiger partial charge in [0.2, 0.25) is 0 Å². The molecule has 1 N–H and O–H groups in total. The minimum Gasteiger partial charge on any atom is -0.316 e. The maximum atomic E-state index is 13.7. The van der Waals surface area contributed by atoms with E-state index in [2.05, 4.69) is 26.1 Å². The highest BCUT2D eigenvalue weighted by molar-refractivity contribution is 5.22. The first-order chi connectivity index (χ1) is 8.41. The van der Waals surface area contributed by atoms with Gasteiger partial charge in [-0.25, -0.2) is 8.78 Å². The molecule has 0 saturated carbocycles. The van der Waals surface area contributed by atoms with Crippen LogP contribution in [0.4, 0.5) is 8.78 Å². The van der Waals surface area contributed by atoms with E-state index in [1.54, 1.807) is 6.07 Å². The third kappa shape index (κ3) is 4.37. The third-order valence-electron chi connectivity index (χ3n) is 3.33. The molecule has 1 aromatic rings. The highest BCUT2D eigenvalue weighted by Gasteiger charge is 2.18. The van der Waals surface area contributed by atoms with Crippen LogP contribution in [-0.2, 0) is 0 Å². The minimum absolute atomic E-state index is 0.0743. The highest BCUT2D eigenvalue weighted by atomic mass is 19.1. The average molecular weight is 255 g/mol. The second kappa shape index (κ2) is 6.83. The molecule has 0 spiro atoms. The van der Waals surface area contributed by atoms with Crippen molar-refractivity contribution in [2.24, 2.45) is 11.8 Å². The Morgan fingerprint density at radius 1 is 1.06 bits per heavy atom. The van der Waals surface area contributed by atoms with Crippen LogP contribution in [0.5, 0.6) is 0 Å². The molecule has 102 valence electrons. The first kappa shape index (κ1) is 15.1. The molecule has 0 bridgehead atoms. The monoisotopic (exact) mass is 255 g/mol. The summed E-state index contributed by atoms with van der Waals surface area (Å²) in [5.41, 5.74) is 0.593. The van der Waals surface area contributed by atoms with Gasteiger partial charge in [-0.2, -0.15) is 0 Å². The zero-order valence-electron chi connectivity index (χ0n) is 11.6. The van der Waals surface area contributed by atoms with Gasteiger partial charge in [0, 0.05) is 6.07 Å². The predicted octanol–water partition coefficient (Wildman–Crippen LogP) is 3.95. The number of rotatable bonds is 6. The van der Waals surface area contributed by atoms with E-state index in [4.69, 9.17) is 0 Å². The van der Waals surface area contributed by atoms with Crippen molar-refractivity contribution in [3.8, 4) is 0 Å². The van der Waals surface area contributed by atoms with Gasteiger partial charge in [-0.15, -0.1) is 0 Å². The molecule has 0 aliphatic heterocycles. The second-order valence-corrected chi connectivity index (χ2v) is 5.48. The third-order valence-corrected chi connectivity index (χ3v) is 3.33. The molecule has 2 unspecified atom stereocenters. The SMILES string of the molecule is CC(C)CNCC(C)C(C)c1ccc(F)cc1F. The molecule has 2 atom stereocenters. The van der Waals surface area contributed by atoms with Crippen LogP contribution in [0, 0.1) is 23.5 Å². The van der Waals surface area contributed by atoms with Crippen LogP contribution >= 0.6 is 0 Å². The molecule has 0 aromatic heterocycles. The summed E-state index contributed by atoms with van der Waals surface area (Å²) in [5, 5.41) is 3.37. The van der Waals surface area contributed by atoms with Gasteiger partial charge in [-0.05, 0) is 42.5 Å². The van der Waals surface area contributed by atoms with Crippen molar-refractivity contribution in [1.82, 2.24) is 5.32 Å². The Balaban J connectivity index is 2.59. The minimum atomic E-state index is -0.519. The summed E-state index contributed by atoms with van der Waals surface area (Å²) in [4.78, 5) is 0. The second-order valence-electron chi connectivity index (χ2n) is 5.48. The Kier molecular flexibility index (Phi) is 5.73. The van der Waals surface area contributed by atoms with Gasteiger partial charge in [0.15, 0.2) is 0 Å². The molecule has 0 aliphatic rings. The zero-order chi connectivity index (χ0) is 13.7. The maximum absolute atomic E-state index is 13.7. The summed E-state index contributed by atoms with van der Waals surface area (Å²) < 4.78 is 26.5. The van der Waals surface area contributed by atoms with Crippen LogP contribution in [0.15, 0.2) is 18.2 Å². The van der Waals surface area contributed by atoms with Gasteiger partial charge < -0.3 is 5.32 Å². The summed E-state index contributed by atoms with van der Waals surface area (Å²) in [5.74, 6) is 0.0243. The lowest BCUT2D eigenvalue weighted by Gasteiger charge is -2.22. The van der Waals surface area contributed by atoms with Crippen LogP contribution in [0.3, 0.4) is 0 Å². The Bertz CT molecular complexity index is 377. The largest absolute Gasteiger partial charge is 0.316 e. The summed E-state index contributed by atoms with van der Waals surface area (Å²) >= 11 is 0. The Hall–Kier alpha value is -0.960. The fourth-order valence-electron chi connectivity index (χ4n) is 1.95.